The Labute approximate surface area is 159 Å². The van der Waals surface area contributed by atoms with Gasteiger partial charge in [-0.3, -0.25) is 9.36 Å². The van der Waals surface area contributed by atoms with E-state index in [1.54, 1.807) is 29.4 Å². The third-order valence-electron chi connectivity index (χ3n) is 4.46. The second kappa shape index (κ2) is 7.18. The summed E-state index contributed by atoms with van der Waals surface area (Å²) in [4.78, 5) is 28.5. The Morgan fingerprint density at radius 1 is 1.25 bits per heavy atom. The molecule has 1 fully saturated rings. The number of halogens is 1. The highest BCUT2D eigenvalue weighted by Crippen LogP contribution is 2.42. The fraction of sp³-hybridized carbons (Fsp3) is 0.211. The quantitative estimate of drug-likeness (QED) is 0.682. The Bertz CT molecular complexity index is 1030. The molecule has 1 aliphatic carbocycles. The highest BCUT2D eigenvalue weighted by molar-refractivity contribution is 6.07. The molecule has 0 saturated heterocycles. The molecule has 0 spiro atoms. The molecule has 1 aliphatic rings. The molecule has 1 aromatic carbocycles. The first kappa shape index (κ1) is 17.8. The first-order chi connectivity index (χ1) is 13.6. The van der Waals surface area contributed by atoms with Gasteiger partial charge in [-0.15, -0.1) is 10.2 Å². The van der Waals surface area contributed by atoms with Gasteiger partial charge in [-0.05, 0) is 48.6 Å². The fourth-order valence-corrected chi connectivity index (χ4v) is 2.84. The smallest absolute Gasteiger partial charge is 0.340 e. The molecule has 1 amide bonds. The molecule has 28 heavy (non-hydrogen) atoms. The summed E-state index contributed by atoms with van der Waals surface area (Å²) < 4.78 is 20.7. The van der Waals surface area contributed by atoms with E-state index < -0.39 is 17.7 Å². The minimum absolute atomic E-state index is 0.0528. The SMILES string of the molecule is COC(=O)c1cc(F)c(C2CC2)cc1NC(=O)c1ccc(-n2ccnc2)nn1. The summed E-state index contributed by atoms with van der Waals surface area (Å²) in [5, 5.41) is 10.5. The van der Waals surface area contributed by atoms with Crippen molar-refractivity contribution in [3.05, 3.63) is 65.6 Å². The summed E-state index contributed by atoms with van der Waals surface area (Å²) in [7, 11) is 1.20. The first-order valence-corrected chi connectivity index (χ1v) is 8.62. The molecule has 4 rings (SSSR count). The van der Waals surface area contributed by atoms with Crippen molar-refractivity contribution in [3.8, 4) is 5.82 Å². The molecule has 2 heterocycles. The van der Waals surface area contributed by atoms with Crippen molar-refractivity contribution in [1.29, 1.82) is 0 Å². The highest BCUT2D eigenvalue weighted by atomic mass is 19.1. The van der Waals surface area contributed by atoms with Gasteiger partial charge in [-0.2, -0.15) is 0 Å². The van der Waals surface area contributed by atoms with Crippen molar-refractivity contribution in [1.82, 2.24) is 19.7 Å². The van der Waals surface area contributed by atoms with Gasteiger partial charge in [0.05, 0.1) is 18.4 Å². The van der Waals surface area contributed by atoms with Crippen molar-refractivity contribution >= 4 is 17.6 Å². The van der Waals surface area contributed by atoms with E-state index in [1.165, 1.54) is 19.2 Å². The number of aromatic nitrogens is 4. The maximum atomic E-state index is 14.3. The Morgan fingerprint density at radius 3 is 2.68 bits per heavy atom. The molecule has 2 aromatic heterocycles. The number of methoxy groups -OCH3 is 1. The second-order valence-electron chi connectivity index (χ2n) is 6.39. The van der Waals surface area contributed by atoms with E-state index >= 15 is 0 Å². The Hall–Kier alpha value is -3.62. The van der Waals surface area contributed by atoms with Gasteiger partial charge in [-0.25, -0.2) is 14.2 Å². The molecule has 3 aromatic rings. The topological polar surface area (TPSA) is 99.0 Å². The zero-order chi connectivity index (χ0) is 19.7. The molecule has 8 nitrogen and oxygen atoms in total. The number of nitrogens with zero attached hydrogens (tertiary/aromatic N) is 4. The number of hydrogen-bond donors (Lipinski definition) is 1. The van der Waals surface area contributed by atoms with Crippen molar-refractivity contribution in [2.24, 2.45) is 0 Å². The lowest BCUT2D eigenvalue weighted by Crippen LogP contribution is -2.18. The number of carbonyl (C=O) groups excluding carboxylic acids is 2. The molecule has 1 N–H and O–H groups in total. The van der Waals surface area contributed by atoms with E-state index in [9.17, 15) is 14.0 Å². The summed E-state index contributed by atoms with van der Waals surface area (Å²) in [6.45, 7) is 0. The van der Waals surface area contributed by atoms with Crippen molar-refractivity contribution in [2.75, 3.05) is 12.4 Å². The minimum atomic E-state index is -0.738. The van der Waals surface area contributed by atoms with Crippen LogP contribution in [-0.2, 0) is 4.74 Å². The number of esters is 1. The Balaban J connectivity index is 1.61. The van der Waals surface area contributed by atoms with Gasteiger partial charge in [0.2, 0.25) is 0 Å². The predicted octanol–water partition coefficient (Wildman–Crippen LogP) is 2.72. The van der Waals surface area contributed by atoms with Crippen molar-refractivity contribution in [3.63, 3.8) is 0 Å². The van der Waals surface area contributed by atoms with Crippen LogP contribution in [0.5, 0.6) is 0 Å². The summed E-state index contributed by atoms with van der Waals surface area (Å²) in [5.41, 5.74) is 0.655. The van der Waals surface area contributed by atoms with E-state index in [0.29, 0.717) is 11.4 Å². The van der Waals surface area contributed by atoms with Crippen LogP contribution in [0.25, 0.3) is 5.82 Å². The van der Waals surface area contributed by atoms with Crippen LogP contribution in [0, 0.1) is 5.82 Å². The molecule has 9 heteroatoms. The lowest BCUT2D eigenvalue weighted by molar-refractivity contribution is 0.0601. The highest BCUT2D eigenvalue weighted by Gasteiger charge is 2.29. The number of hydrogen-bond acceptors (Lipinski definition) is 6. The van der Waals surface area contributed by atoms with Crippen LogP contribution >= 0.6 is 0 Å². The summed E-state index contributed by atoms with van der Waals surface area (Å²) in [5.74, 6) is -1.18. The van der Waals surface area contributed by atoms with Gasteiger partial charge >= 0.3 is 5.97 Å². The molecule has 0 aliphatic heterocycles. The number of amides is 1. The normalized spacial score (nSPS) is 13.2. The number of rotatable bonds is 5. The Morgan fingerprint density at radius 2 is 2.07 bits per heavy atom. The van der Waals surface area contributed by atoms with Crippen LogP contribution in [0.3, 0.4) is 0 Å². The second-order valence-corrected chi connectivity index (χ2v) is 6.39. The van der Waals surface area contributed by atoms with Crippen molar-refractivity contribution in [2.45, 2.75) is 18.8 Å². The van der Waals surface area contributed by atoms with Gasteiger partial charge in [0.15, 0.2) is 11.5 Å². The van der Waals surface area contributed by atoms with Gasteiger partial charge in [-0.1, -0.05) is 0 Å². The molecular weight excluding hydrogens is 365 g/mol. The van der Waals surface area contributed by atoms with E-state index in [2.05, 4.69) is 20.5 Å². The summed E-state index contributed by atoms with van der Waals surface area (Å²) in [6.07, 6.45) is 6.61. The standard InChI is InChI=1S/C19H16FN5O3/c1-28-19(27)13-8-14(20)12(11-2-3-11)9-16(13)22-18(26)15-4-5-17(24-23-15)25-7-6-21-10-25/h4-11H,2-3H2,1H3,(H,22,26). The predicted molar refractivity (Wildman–Crippen MR) is 96.8 cm³/mol. The fourth-order valence-electron chi connectivity index (χ4n) is 2.84. The minimum Gasteiger partial charge on any atom is -0.465 e. The molecular formula is C19H16FN5O3. The van der Waals surface area contributed by atoms with Crippen LogP contribution < -0.4 is 5.32 Å². The molecule has 0 atom stereocenters. The maximum absolute atomic E-state index is 14.3. The molecule has 1 saturated carbocycles. The van der Waals surface area contributed by atoms with Crippen LogP contribution in [-0.4, -0.2) is 38.7 Å². The van der Waals surface area contributed by atoms with E-state index in [-0.39, 0.29) is 22.9 Å². The van der Waals surface area contributed by atoms with Crippen LogP contribution in [0.15, 0.2) is 43.0 Å². The number of nitrogens with one attached hydrogen (secondary N) is 1. The average Bonchev–Trinajstić information content (AvgIpc) is 3.41. The lowest BCUT2D eigenvalue weighted by Gasteiger charge is -2.12. The van der Waals surface area contributed by atoms with E-state index in [4.69, 9.17) is 4.74 Å². The summed E-state index contributed by atoms with van der Waals surface area (Å²) in [6, 6.07) is 5.71. The first-order valence-electron chi connectivity index (χ1n) is 8.62. The molecule has 0 bridgehead atoms. The number of benzene rings is 1. The number of imidazole rings is 1. The van der Waals surface area contributed by atoms with Gasteiger partial charge < -0.3 is 10.1 Å². The zero-order valence-corrected chi connectivity index (χ0v) is 14.9. The van der Waals surface area contributed by atoms with E-state index in [1.807, 2.05) is 0 Å². The number of ether oxygens (including phenoxy) is 1. The van der Waals surface area contributed by atoms with Gasteiger partial charge in [0, 0.05) is 12.4 Å². The summed E-state index contributed by atoms with van der Waals surface area (Å²) >= 11 is 0. The van der Waals surface area contributed by atoms with Crippen molar-refractivity contribution < 1.29 is 18.7 Å². The maximum Gasteiger partial charge on any atom is 0.340 e. The zero-order valence-electron chi connectivity index (χ0n) is 14.9. The van der Waals surface area contributed by atoms with Crippen LogP contribution in [0.4, 0.5) is 10.1 Å². The van der Waals surface area contributed by atoms with Gasteiger partial charge in [0.1, 0.15) is 12.1 Å². The number of anilines is 1. The van der Waals surface area contributed by atoms with Crippen LogP contribution in [0.2, 0.25) is 0 Å². The lowest BCUT2D eigenvalue weighted by atomic mass is 10.0. The molecule has 0 radical (unpaired) electrons. The number of carbonyl (C=O) groups is 2. The van der Waals surface area contributed by atoms with E-state index in [0.717, 1.165) is 18.9 Å². The van der Waals surface area contributed by atoms with Gasteiger partial charge in [0.25, 0.3) is 5.91 Å². The third kappa shape index (κ3) is 3.46. The monoisotopic (exact) mass is 381 g/mol. The molecule has 142 valence electrons. The third-order valence-corrected chi connectivity index (χ3v) is 4.46. The van der Waals surface area contributed by atoms with Crippen LogP contribution in [0.1, 0.15) is 45.2 Å². The molecule has 0 unspecified atom stereocenters. The largest absolute Gasteiger partial charge is 0.465 e. The Kier molecular flexibility index (Phi) is 4.56. The average molecular weight is 381 g/mol.